The van der Waals surface area contributed by atoms with Crippen LogP contribution in [0.4, 0.5) is 17.1 Å². The standard InChI is InChI=1S/C27H23N/c1-27(2)25-16-10-9-15-23(25)24-19-22(17-18-26(24)27)28(20-11-5-3-6-12-20)21-13-7-4-8-14-21/h3-19H,1-2H3. The van der Waals surface area contributed by atoms with Crippen LogP contribution in [0.5, 0.6) is 0 Å². The van der Waals surface area contributed by atoms with E-state index in [-0.39, 0.29) is 5.41 Å². The van der Waals surface area contributed by atoms with Crippen LogP contribution in [0, 0.1) is 0 Å². The van der Waals surface area contributed by atoms with E-state index in [1.807, 2.05) is 0 Å². The number of anilines is 3. The molecule has 0 radical (unpaired) electrons. The Morgan fingerprint density at radius 3 is 1.68 bits per heavy atom. The van der Waals surface area contributed by atoms with Crippen LogP contribution in [0.25, 0.3) is 11.1 Å². The summed E-state index contributed by atoms with van der Waals surface area (Å²) >= 11 is 0. The van der Waals surface area contributed by atoms with Crippen LogP contribution in [0.1, 0.15) is 25.0 Å². The van der Waals surface area contributed by atoms with Gasteiger partial charge in [0.05, 0.1) is 0 Å². The molecular weight excluding hydrogens is 338 g/mol. The molecule has 0 aliphatic heterocycles. The monoisotopic (exact) mass is 361 g/mol. The Labute approximate surface area is 166 Å². The van der Waals surface area contributed by atoms with E-state index in [0.29, 0.717) is 0 Å². The molecule has 136 valence electrons. The number of fused-ring (bicyclic) bond motifs is 3. The van der Waals surface area contributed by atoms with E-state index < -0.39 is 0 Å². The predicted octanol–water partition coefficient (Wildman–Crippen LogP) is 7.46. The molecule has 4 aromatic rings. The van der Waals surface area contributed by atoms with Crippen LogP contribution in [0.3, 0.4) is 0 Å². The van der Waals surface area contributed by atoms with E-state index in [2.05, 4.69) is 122 Å². The first-order chi connectivity index (χ1) is 13.7. The van der Waals surface area contributed by atoms with Gasteiger partial charge in [0.25, 0.3) is 0 Å². The van der Waals surface area contributed by atoms with Crippen molar-refractivity contribution in [1.82, 2.24) is 0 Å². The number of para-hydroxylation sites is 2. The van der Waals surface area contributed by atoms with Crippen LogP contribution in [-0.2, 0) is 5.41 Å². The van der Waals surface area contributed by atoms with E-state index in [1.165, 1.54) is 39.3 Å². The van der Waals surface area contributed by atoms with Gasteiger partial charge < -0.3 is 4.90 Å². The zero-order valence-corrected chi connectivity index (χ0v) is 16.3. The highest BCUT2D eigenvalue weighted by atomic mass is 15.1. The maximum Gasteiger partial charge on any atom is 0.0468 e. The predicted molar refractivity (Wildman–Crippen MR) is 119 cm³/mol. The number of hydrogen-bond donors (Lipinski definition) is 0. The third-order valence-corrected chi connectivity index (χ3v) is 5.85. The van der Waals surface area contributed by atoms with Crippen molar-refractivity contribution in [1.29, 1.82) is 0 Å². The molecule has 0 N–H and O–H groups in total. The third-order valence-electron chi connectivity index (χ3n) is 5.85. The number of nitrogens with zero attached hydrogens (tertiary/aromatic N) is 1. The van der Waals surface area contributed by atoms with Crippen molar-refractivity contribution >= 4 is 17.1 Å². The fourth-order valence-electron chi connectivity index (χ4n) is 4.45. The van der Waals surface area contributed by atoms with E-state index in [1.54, 1.807) is 0 Å². The van der Waals surface area contributed by atoms with Crippen molar-refractivity contribution in [2.24, 2.45) is 0 Å². The lowest BCUT2D eigenvalue weighted by atomic mass is 9.82. The molecule has 0 unspecified atom stereocenters. The maximum atomic E-state index is 2.35. The molecule has 28 heavy (non-hydrogen) atoms. The fraction of sp³-hybridized carbons (Fsp3) is 0.111. The summed E-state index contributed by atoms with van der Waals surface area (Å²) in [5, 5.41) is 0. The third kappa shape index (κ3) is 2.55. The molecular formula is C27H23N. The molecule has 1 nitrogen and oxygen atoms in total. The lowest BCUT2D eigenvalue weighted by molar-refractivity contribution is 0.660. The van der Waals surface area contributed by atoms with Gasteiger partial charge in [0.2, 0.25) is 0 Å². The van der Waals surface area contributed by atoms with Gasteiger partial charge >= 0.3 is 0 Å². The second-order valence-electron chi connectivity index (χ2n) is 7.91. The lowest BCUT2D eigenvalue weighted by Gasteiger charge is -2.27. The Morgan fingerprint density at radius 2 is 1.04 bits per heavy atom. The van der Waals surface area contributed by atoms with Crippen LogP contribution in [0.15, 0.2) is 103 Å². The van der Waals surface area contributed by atoms with Crippen LogP contribution in [0.2, 0.25) is 0 Å². The van der Waals surface area contributed by atoms with E-state index in [4.69, 9.17) is 0 Å². The maximum absolute atomic E-state index is 2.35. The molecule has 0 saturated heterocycles. The minimum Gasteiger partial charge on any atom is -0.310 e. The molecule has 0 saturated carbocycles. The highest BCUT2D eigenvalue weighted by Crippen LogP contribution is 2.50. The van der Waals surface area contributed by atoms with Gasteiger partial charge in [0.15, 0.2) is 0 Å². The molecule has 0 fully saturated rings. The Morgan fingerprint density at radius 1 is 0.500 bits per heavy atom. The van der Waals surface area contributed by atoms with Gasteiger partial charge in [-0.15, -0.1) is 0 Å². The van der Waals surface area contributed by atoms with Crippen LogP contribution < -0.4 is 4.90 Å². The van der Waals surface area contributed by atoms with Gasteiger partial charge in [-0.3, -0.25) is 0 Å². The van der Waals surface area contributed by atoms with Gasteiger partial charge in [0, 0.05) is 22.5 Å². The Bertz CT molecular complexity index is 1090. The average Bonchev–Trinajstić information content (AvgIpc) is 2.97. The Balaban J connectivity index is 1.72. The van der Waals surface area contributed by atoms with Gasteiger partial charge in [0.1, 0.15) is 0 Å². The number of hydrogen-bond acceptors (Lipinski definition) is 1. The summed E-state index contributed by atoms with van der Waals surface area (Å²) in [6.07, 6.45) is 0. The lowest BCUT2D eigenvalue weighted by Crippen LogP contribution is -2.15. The summed E-state index contributed by atoms with van der Waals surface area (Å²) < 4.78 is 0. The number of rotatable bonds is 3. The molecule has 5 rings (SSSR count). The highest BCUT2D eigenvalue weighted by Gasteiger charge is 2.35. The Kier molecular flexibility index (Phi) is 3.84. The van der Waals surface area contributed by atoms with E-state index >= 15 is 0 Å². The largest absolute Gasteiger partial charge is 0.310 e. The van der Waals surface area contributed by atoms with E-state index in [9.17, 15) is 0 Å². The van der Waals surface area contributed by atoms with Crippen molar-refractivity contribution in [3.05, 3.63) is 114 Å². The molecule has 0 amide bonds. The van der Waals surface area contributed by atoms with E-state index in [0.717, 1.165) is 0 Å². The normalized spacial score (nSPS) is 13.6. The zero-order chi connectivity index (χ0) is 19.1. The quantitative estimate of drug-likeness (QED) is 0.366. The average molecular weight is 361 g/mol. The molecule has 0 atom stereocenters. The molecule has 1 heteroatoms. The van der Waals surface area contributed by atoms with Crippen molar-refractivity contribution < 1.29 is 0 Å². The van der Waals surface area contributed by atoms with Crippen LogP contribution in [-0.4, -0.2) is 0 Å². The summed E-state index contributed by atoms with van der Waals surface area (Å²) in [4.78, 5) is 2.33. The smallest absolute Gasteiger partial charge is 0.0468 e. The minimum absolute atomic E-state index is 0.0365. The van der Waals surface area contributed by atoms with Crippen molar-refractivity contribution in [3.63, 3.8) is 0 Å². The van der Waals surface area contributed by atoms with Gasteiger partial charge in [-0.25, -0.2) is 0 Å². The molecule has 0 aromatic heterocycles. The van der Waals surface area contributed by atoms with Crippen molar-refractivity contribution in [2.75, 3.05) is 4.90 Å². The van der Waals surface area contributed by atoms with Gasteiger partial charge in [-0.2, -0.15) is 0 Å². The second kappa shape index (κ2) is 6.38. The summed E-state index contributed by atoms with van der Waals surface area (Å²) in [5.74, 6) is 0. The van der Waals surface area contributed by atoms with Crippen molar-refractivity contribution in [2.45, 2.75) is 19.3 Å². The highest BCUT2D eigenvalue weighted by molar-refractivity contribution is 5.86. The fourth-order valence-corrected chi connectivity index (χ4v) is 4.45. The minimum atomic E-state index is 0.0365. The first-order valence-corrected chi connectivity index (χ1v) is 9.81. The first-order valence-electron chi connectivity index (χ1n) is 9.81. The van der Waals surface area contributed by atoms with Crippen LogP contribution >= 0.6 is 0 Å². The molecule has 1 aliphatic carbocycles. The van der Waals surface area contributed by atoms with Crippen molar-refractivity contribution in [3.8, 4) is 11.1 Å². The Hall–Kier alpha value is -3.32. The molecule has 1 aliphatic rings. The number of benzene rings is 4. The summed E-state index contributed by atoms with van der Waals surface area (Å²) in [5.41, 5.74) is 9.06. The molecule has 0 heterocycles. The topological polar surface area (TPSA) is 3.24 Å². The first kappa shape index (κ1) is 16.8. The molecule has 0 spiro atoms. The summed E-state index contributed by atoms with van der Waals surface area (Å²) in [7, 11) is 0. The summed E-state index contributed by atoms with van der Waals surface area (Å²) in [6.45, 7) is 4.65. The van der Waals surface area contributed by atoms with Gasteiger partial charge in [-0.1, -0.05) is 80.6 Å². The summed E-state index contributed by atoms with van der Waals surface area (Å²) in [6, 6.07) is 36.9. The SMILES string of the molecule is CC1(C)c2ccccc2-c2cc(N(c3ccccc3)c3ccccc3)ccc21. The van der Waals surface area contributed by atoms with Gasteiger partial charge in [-0.05, 0) is 58.7 Å². The zero-order valence-electron chi connectivity index (χ0n) is 16.3. The molecule has 4 aromatic carbocycles. The second-order valence-corrected chi connectivity index (χ2v) is 7.91. The molecule has 0 bridgehead atoms.